The van der Waals surface area contributed by atoms with Gasteiger partial charge in [-0.05, 0) is 18.6 Å². The molecule has 0 saturated heterocycles. The normalized spacial score (nSPS) is 10.8. The predicted molar refractivity (Wildman–Crippen MR) is 74.4 cm³/mol. The van der Waals surface area contributed by atoms with E-state index in [9.17, 15) is 9.59 Å². The zero-order chi connectivity index (χ0) is 13.8. The number of nitrogens with zero attached hydrogens (tertiary/aromatic N) is 2. The summed E-state index contributed by atoms with van der Waals surface area (Å²) in [6.07, 6.45) is 2.03. The molecule has 2 aromatic rings. The van der Waals surface area contributed by atoms with Crippen LogP contribution in [0, 0.1) is 0 Å². The van der Waals surface area contributed by atoms with E-state index in [4.69, 9.17) is 5.11 Å². The molecule has 0 aliphatic carbocycles. The number of rotatable bonds is 5. The van der Waals surface area contributed by atoms with E-state index in [1.807, 2.05) is 12.1 Å². The minimum Gasteiger partial charge on any atom is -0.396 e. The Bertz CT molecular complexity index is 713. The maximum atomic E-state index is 12.1. The third-order valence-electron chi connectivity index (χ3n) is 2.99. The fourth-order valence-corrected chi connectivity index (χ4v) is 2.13. The van der Waals surface area contributed by atoms with E-state index in [2.05, 4.69) is 6.58 Å². The Morgan fingerprint density at radius 1 is 1.11 bits per heavy atom. The average molecular weight is 260 g/mol. The number of aliphatic hydroxyl groups is 1. The molecule has 1 N–H and O–H groups in total. The van der Waals surface area contributed by atoms with Crippen LogP contribution < -0.4 is 11.1 Å². The molecule has 5 heteroatoms. The van der Waals surface area contributed by atoms with E-state index >= 15 is 0 Å². The highest BCUT2D eigenvalue weighted by molar-refractivity contribution is 5.75. The molecular formula is C14H16N2O3. The van der Waals surface area contributed by atoms with E-state index in [1.54, 1.807) is 18.2 Å². The SMILES string of the molecule is C=CCn1c(=O)c(=O)n(CCCO)c2ccccc21. The molecule has 1 aromatic heterocycles. The molecule has 5 nitrogen and oxygen atoms in total. The van der Waals surface area contributed by atoms with Gasteiger partial charge in [-0.15, -0.1) is 6.58 Å². The first-order chi connectivity index (χ1) is 9.20. The van der Waals surface area contributed by atoms with Crippen molar-refractivity contribution in [2.75, 3.05) is 6.61 Å². The number of benzene rings is 1. The Balaban J connectivity index is 2.80. The van der Waals surface area contributed by atoms with Gasteiger partial charge in [0.15, 0.2) is 0 Å². The molecule has 0 fully saturated rings. The van der Waals surface area contributed by atoms with Crippen LogP contribution in [0.15, 0.2) is 46.5 Å². The van der Waals surface area contributed by atoms with Gasteiger partial charge >= 0.3 is 11.1 Å². The van der Waals surface area contributed by atoms with E-state index in [0.29, 0.717) is 30.5 Å². The number of aliphatic hydroxyl groups excluding tert-OH is 1. The second-order valence-corrected chi connectivity index (χ2v) is 4.23. The van der Waals surface area contributed by atoms with Gasteiger partial charge in [-0.1, -0.05) is 18.2 Å². The van der Waals surface area contributed by atoms with Crippen LogP contribution in [-0.2, 0) is 13.1 Å². The largest absolute Gasteiger partial charge is 0.396 e. The van der Waals surface area contributed by atoms with Crippen LogP contribution in [0.1, 0.15) is 6.42 Å². The highest BCUT2D eigenvalue weighted by Gasteiger charge is 2.11. The maximum absolute atomic E-state index is 12.1. The molecule has 1 aromatic carbocycles. The monoisotopic (exact) mass is 260 g/mol. The quantitative estimate of drug-likeness (QED) is 0.637. The van der Waals surface area contributed by atoms with Crippen LogP contribution >= 0.6 is 0 Å². The van der Waals surface area contributed by atoms with Crippen molar-refractivity contribution in [1.82, 2.24) is 9.13 Å². The summed E-state index contributed by atoms with van der Waals surface area (Å²) in [4.78, 5) is 24.2. The summed E-state index contributed by atoms with van der Waals surface area (Å²) in [5, 5.41) is 8.89. The molecule has 0 unspecified atom stereocenters. The van der Waals surface area contributed by atoms with Crippen molar-refractivity contribution in [3.8, 4) is 0 Å². The number of hydrogen-bond acceptors (Lipinski definition) is 3. The number of fused-ring (bicyclic) bond motifs is 1. The van der Waals surface area contributed by atoms with E-state index < -0.39 is 11.1 Å². The second-order valence-electron chi connectivity index (χ2n) is 4.23. The molecule has 2 rings (SSSR count). The fraction of sp³-hybridized carbons (Fsp3) is 0.286. The van der Waals surface area contributed by atoms with Gasteiger partial charge in [0.25, 0.3) is 0 Å². The molecule has 100 valence electrons. The van der Waals surface area contributed by atoms with Crippen LogP contribution in [0.25, 0.3) is 11.0 Å². The molecule has 0 amide bonds. The molecule has 0 bridgehead atoms. The zero-order valence-corrected chi connectivity index (χ0v) is 10.6. The van der Waals surface area contributed by atoms with Gasteiger partial charge in [0, 0.05) is 19.7 Å². The van der Waals surface area contributed by atoms with E-state index in [-0.39, 0.29) is 6.61 Å². The summed E-state index contributed by atoms with van der Waals surface area (Å²) >= 11 is 0. The van der Waals surface area contributed by atoms with Crippen molar-refractivity contribution >= 4 is 11.0 Å². The standard InChI is InChI=1S/C14H16N2O3/c1-2-8-15-11-6-3-4-7-12(11)16(9-5-10-17)14(19)13(15)18/h2-4,6-7,17H,1,5,8-10H2. The lowest BCUT2D eigenvalue weighted by Crippen LogP contribution is -2.41. The van der Waals surface area contributed by atoms with Gasteiger partial charge in [-0.2, -0.15) is 0 Å². The van der Waals surface area contributed by atoms with Crippen LogP contribution in [-0.4, -0.2) is 20.8 Å². The fourth-order valence-electron chi connectivity index (χ4n) is 2.13. The molecule has 0 saturated carbocycles. The van der Waals surface area contributed by atoms with Crippen molar-refractivity contribution in [2.45, 2.75) is 19.5 Å². The lowest BCUT2D eigenvalue weighted by molar-refractivity contribution is 0.279. The number of para-hydroxylation sites is 2. The van der Waals surface area contributed by atoms with Crippen LogP contribution in [0.3, 0.4) is 0 Å². The van der Waals surface area contributed by atoms with E-state index in [0.717, 1.165) is 0 Å². The molecule has 0 radical (unpaired) electrons. The van der Waals surface area contributed by atoms with Crippen molar-refractivity contribution in [3.05, 3.63) is 57.6 Å². The van der Waals surface area contributed by atoms with Gasteiger partial charge < -0.3 is 9.67 Å². The average Bonchev–Trinajstić information content (AvgIpc) is 2.44. The first kappa shape index (κ1) is 13.3. The highest BCUT2D eigenvalue weighted by Crippen LogP contribution is 2.10. The third-order valence-corrected chi connectivity index (χ3v) is 2.99. The molecular weight excluding hydrogens is 244 g/mol. The summed E-state index contributed by atoms with van der Waals surface area (Å²) in [7, 11) is 0. The first-order valence-corrected chi connectivity index (χ1v) is 6.15. The van der Waals surface area contributed by atoms with Crippen molar-refractivity contribution < 1.29 is 5.11 Å². The number of allylic oxidation sites excluding steroid dienone is 1. The van der Waals surface area contributed by atoms with Crippen molar-refractivity contribution in [1.29, 1.82) is 0 Å². The lowest BCUT2D eigenvalue weighted by Gasteiger charge is -2.13. The summed E-state index contributed by atoms with van der Waals surface area (Å²) in [5.74, 6) is 0. The molecule has 1 heterocycles. The van der Waals surface area contributed by atoms with Crippen molar-refractivity contribution in [3.63, 3.8) is 0 Å². The molecule has 0 aliphatic rings. The maximum Gasteiger partial charge on any atom is 0.317 e. The smallest absolute Gasteiger partial charge is 0.317 e. The Labute approximate surface area is 110 Å². The Morgan fingerprint density at radius 2 is 1.68 bits per heavy atom. The Kier molecular flexibility index (Phi) is 3.97. The summed E-state index contributed by atoms with van der Waals surface area (Å²) in [5.41, 5.74) is 0.276. The third kappa shape index (κ3) is 2.37. The summed E-state index contributed by atoms with van der Waals surface area (Å²) in [6.45, 7) is 4.22. The Morgan fingerprint density at radius 3 is 2.26 bits per heavy atom. The van der Waals surface area contributed by atoms with Crippen molar-refractivity contribution in [2.24, 2.45) is 0 Å². The zero-order valence-electron chi connectivity index (χ0n) is 10.6. The van der Waals surface area contributed by atoms with Crippen LogP contribution in [0.5, 0.6) is 0 Å². The second kappa shape index (κ2) is 5.67. The summed E-state index contributed by atoms with van der Waals surface area (Å²) < 4.78 is 2.84. The Hall–Kier alpha value is -2.14. The minimum atomic E-state index is -0.561. The molecule has 0 aliphatic heterocycles. The number of aromatic nitrogens is 2. The molecule has 19 heavy (non-hydrogen) atoms. The van der Waals surface area contributed by atoms with Crippen LogP contribution in [0.2, 0.25) is 0 Å². The number of hydrogen-bond donors (Lipinski definition) is 1. The van der Waals surface area contributed by atoms with Crippen LogP contribution in [0.4, 0.5) is 0 Å². The minimum absolute atomic E-state index is 0.0174. The van der Waals surface area contributed by atoms with Gasteiger partial charge in [-0.3, -0.25) is 14.2 Å². The van der Waals surface area contributed by atoms with E-state index in [1.165, 1.54) is 9.13 Å². The highest BCUT2D eigenvalue weighted by atomic mass is 16.3. The summed E-state index contributed by atoms with van der Waals surface area (Å²) in [6, 6.07) is 7.24. The predicted octanol–water partition coefficient (Wildman–Crippen LogP) is 0.732. The van der Waals surface area contributed by atoms with Gasteiger partial charge in [0.2, 0.25) is 0 Å². The molecule has 0 spiro atoms. The molecule has 0 atom stereocenters. The number of aryl methyl sites for hydroxylation is 1. The first-order valence-electron chi connectivity index (χ1n) is 6.15. The topological polar surface area (TPSA) is 64.2 Å². The van der Waals surface area contributed by atoms with Gasteiger partial charge in [0.05, 0.1) is 11.0 Å². The van der Waals surface area contributed by atoms with Gasteiger partial charge in [0.1, 0.15) is 0 Å². The lowest BCUT2D eigenvalue weighted by atomic mass is 10.2. The van der Waals surface area contributed by atoms with Gasteiger partial charge in [-0.25, -0.2) is 0 Å².